The van der Waals surface area contributed by atoms with E-state index < -0.39 is 6.10 Å². The Balaban J connectivity index is 1.57. The summed E-state index contributed by atoms with van der Waals surface area (Å²) in [6.45, 7) is 3.00. The number of halogens is 1. The maximum absolute atomic E-state index is 13.0. The molecule has 1 aromatic heterocycles. The molecule has 2 heterocycles. The highest BCUT2D eigenvalue weighted by Gasteiger charge is 2.30. The Morgan fingerprint density at radius 2 is 1.96 bits per heavy atom. The van der Waals surface area contributed by atoms with Crippen molar-refractivity contribution in [2.45, 2.75) is 31.9 Å². The van der Waals surface area contributed by atoms with E-state index in [0.717, 1.165) is 5.56 Å². The van der Waals surface area contributed by atoms with Gasteiger partial charge in [0.1, 0.15) is 24.5 Å². The van der Waals surface area contributed by atoms with E-state index in [1.165, 1.54) is 24.8 Å². The summed E-state index contributed by atoms with van der Waals surface area (Å²) in [7, 11) is 0. The fraction of sp³-hybridized carbons (Fsp3) is 0.471. The predicted molar refractivity (Wildman–Crippen MR) is 85.4 cm³/mol. The first kappa shape index (κ1) is 16.6. The molecule has 24 heavy (non-hydrogen) atoms. The number of piperidine rings is 1. The smallest absolute Gasteiger partial charge is 0.247 e. The second kappa shape index (κ2) is 7.09. The molecule has 1 aliphatic rings. The van der Waals surface area contributed by atoms with Gasteiger partial charge in [0.05, 0.1) is 6.10 Å². The number of carbonyl (C=O) groups excluding carboxylic acids is 1. The average molecular weight is 332 g/mol. The van der Waals surface area contributed by atoms with Crippen molar-refractivity contribution >= 4 is 5.91 Å². The van der Waals surface area contributed by atoms with Gasteiger partial charge in [-0.1, -0.05) is 12.1 Å². The van der Waals surface area contributed by atoms with Crippen LogP contribution in [0.3, 0.4) is 0 Å². The van der Waals surface area contributed by atoms with Crippen LogP contribution >= 0.6 is 0 Å². The van der Waals surface area contributed by atoms with Gasteiger partial charge >= 0.3 is 0 Å². The van der Waals surface area contributed by atoms with E-state index in [9.17, 15) is 14.3 Å². The van der Waals surface area contributed by atoms with Crippen LogP contribution in [0.4, 0.5) is 4.39 Å². The predicted octanol–water partition coefficient (Wildman–Crippen LogP) is 1.95. The number of aliphatic hydroxyl groups is 1. The fourth-order valence-corrected chi connectivity index (χ4v) is 3.16. The zero-order valence-corrected chi connectivity index (χ0v) is 13.5. The lowest BCUT2D eigenvalue weighted by molar-refractivity contribution is -0.136. The second-order valence-electron chi connectivity index (χ2n) is 6.21. The maximum atomic E-state index is 13.0. The van der Waals surface area contributed by atoms with Crippen LogP contribution in [-0.2, 0) is 4.79 Å². The van der Waals surface area contributed by atoms with Crippen molar-refractivity contribution in [3.63, 3.8) is 0 Å². The summed E-state index contributed by atoms with van der Waals surface area (Å²) in [5.41, 5.74) is 0.720. The van der Waals surface area contributed by atoms with E-state index in [1.807, 2.05) is 0 Å². The molecular weight excluding hydrogens is 311 g/mol. The summed E-state index contributed by atoms with van der Waals surface area (Å²) in [5, 5.41) is 14.5. The topological polar surface area (TPSA) is 71.2 Å². The summed E-state index contributed by atoms with van der Waals surface area (Å²) < 4.78 is 14.5. The van der Waals surface area contributed by atoms with Gasteiger partial charge in [-0.2, -0.15) is 5.10 Å². The minimum absolute atomic E-state index is 0.00946. The van der Waals surface area contributed by atoms with Crippen molar-refractivity contribution in [2.24, 2.45) is 5.92 Å². The standard InChI is InChI=1S/C17H21FN4O2/c1-12(22-11-19-10-20-22)17(24)21-8-6-14(7-9-21)16(23)13-2-4-15(18)5-3-13/h2-5,10-12,14,16,23H,6-9H2,1H3. The Morgan fingerprint density at radius 3 is 2.54 bits per heavy atom. The summed E-state index contributed by atoms with van der Waals surface area (Å²) in [4.78, 5) is 18.2. The molecule has 3 rings (SSSR count). The zero-order chi connectivity index (χ0) is 17.1. The largest absolute Gasteiger partial charge is 0.388 e. The molecule has 0 radical (unpaired) electrons. The molecule has 2 atom stereocenters. The molecule has 1 aromatic carbocycles. The third-order valence-electron chi connectivity index (χ3n) is 4.70. The Bertz CT molecular complexity index is 666. The van der Waals surface area contributed by atoms with Gasteiger partial charge < -0.3 is 10.0 Å². The van der Waals surface area contributed by atoms with E-state index in [1.54, 1.807) is 28.6 Å². The zero-order valence-electron chi connectivity index (χ0n) is 13.5. The van der Waals surface area contributed by atoms with E-state index in [2.05, 4.69) is 10.1 Å². The van der Waals surface area contributed by atoms with Gasteiger partial charge in [-0.15, -0.1) is 0 Å². The molecule has 2 unspecified atom stereocenters. The van der Waals surface area contributed by atoms with Crippen molar-refractivity contribution < 1.29 is 14.3 Å². The van der Waals surface area contributed by atoms with E-state index in [0.29, 0.717) is 25.9 Å². The lowest BCUT2D eigenvalue weighted by Gasteiger charge is -2.35. The highest BCUT2D eigenvalue weighted by molar-refractivity contribution is 5.80. The van der Waals surface area contributed by atoms with Crippen LogP contribution in [0.15, 0.2) is 36.9 Å². The first-order valence-electron chi connectivity index (χ1n) is 8.12. The van der Waals surface area contributed by atoms with Gasteiger partial charge in [-0.25, -0.2) is 14.1 Å². The summed E-state index contributed by atoms with van der Waals surface area (Å²) >= 11 is 0. The Hall–Kier alpha value is -2.28. The third kappa shape index (κ3) is 3.46. The third-order valence-corrected chi connectivity index (χ3v) is 4.70. The molecule has 7 heteroatoms. The van der Waals surface area contributed by atoms with Crippen LogP contribution in [-0.4, -0.2) is 43.8 Å². The number of hydrogen-bond acceptors (Lipinski definition) is 4. The molecule has 1 saturated heterocycles. The molecule has 1 aliphatic heterocycles. The minimum Gasteiger partial charge on any atom is -0.388 e. The SMILES string of the molecule is CC(C(=O)N1CCC(C(O)c2ccc(F)cc2)CC1)n1cncn1. The Kier molecular flexibility index (Phi) is 4.89. The summed E-state index contributed by atoms with van der Waals surface area (Å²) in [5.74, 6) is -0.232. The first-order valence-corrected chi connectivity index (χ1v) is 8.12. The van der Waals surface area contributed by atoms with Crippen LogP contribution in [0.5, 0.6) is 0 Å². The van der Waals surface area contributed by atoms with Crippen LogP contribution in [0.2, 0.25) is 0 Å². The minimum atomic E-state index is -0.629. The quantitative estimate of drug-likeness (QED) is 0.929. The Labute approximate surface area is 139 Å². The average Bonchev–Trinajstić information content (AvgIpc) is 3.15. The number of benzene rings is 1. The van der Waals surface area contributed by atoms with Gasteiger partial charge in [-0.05, 0) is 43.4 Å². The molecule has 0 aliphatic carbocycles. The van der Waals surface area contributed by atoms with Crippen LogP contribution in [0.1, 0.15) is 37.5 Å². The summed E-state index contributed by atoms with van der Waals surface area (Å²) in [6, 6.07) is 5.56. The number of nitrogens with zero attached hydrogens (tertiary/aromatic N) is 4. The second-order valence-corrected chi connectivity index (χ2v) is 6.21. The fourth-order valence-electron chi connectivity index (χ4n) is 3.16. The van der Waals surface area contributed by atoms with Crippen LogP contribution in [0.25, 0.3) is 0 Å². The molecule has 1 fully saturated rings. The number of likely N-dealkylation sites (tertiary alicyclic amines) is 1. The number of amides is 1. The van der Waals surface area contributed by atoms with Gasteiger partial charge in [0.25, 0.3) is 0 Å². The lowest BCUT2D eigenvalue weighted by atomic mass is 9.87. The molecular formula is C17H21FN4O2. The molecule has 0 bridgehead atoms. The number of rotatable bonds is 4. The van der Waals surface area contributed by atoms with Crippen molar-refractivity contribution in [2.75, 3.05) is 13.1 Å². The first-order chi connectivity index (χ1) is 11.6. The summed E-state index contributed by atoms with van der Waals surface area (Å²) in [6.07, 6.45) is 3.75. The van der Waals surface area contributed by atoms with Crippen molar-refractivity contribution in [3.8, 4) is 0 Å². The van der Waals surface area contributed by atoms with Gasteiger partial charge in [0.15, 0.2) is 0 Å². The number of carbonyl (C=O) groups is 1. The van der Waals surface area contributed by atoms with Crippen LogP contribution < -0.4 is 0 Å². The highest BCUT2D eigenvalue weighted by Crippen LogP contribution is 2.31. The number of aromatic nitrogens is 3. The normalized spacial score (nSPS) is 18.4. The van der Waals surface area contributed by atoms with E-state index >= 15 is 0 Å². The lowest BCUT2D eigenvalue weighted by Crippen LogP contribution is -2.42. The Morgan fingerprint density at radius 1 is 1.29 bits per heavy atom. The molecule has 128 valence electrons. The number of hydrogen-bond donors (Lipinski definition) is 1. The maximum Gasteiger partial charge on any atom is 0.247 e. The van der Waals surface area contributed by atoms with Gasteiger partial charge in [0, 0.05) is 13.1 Å². The van der Waals surface area contributed by atoms with E-state index in [-0.39, 0.29) is 23.7 Å². The molecule has 1 amide bonds. The van der Waals surface area contributed by atoms with Crippen molar-refractivity contribution in [1.82, 2.24) is 19.7 Å². The van der Waals surface area contributed by atoms with Crippen LogP contribution in [0, 0.1) is 11.7 Å². The molecule has 0 spiro atoms. The molecule has 0 saturated carbocycles. The van der Waals surface area contributed by atoms with Gasteiger partial charge in [0.2, 0.25) is 5.91 Å². The van der Waals surface area contributed by atoms with Gasteiger partial charge in [-0.3, -0.25) is 4.79 Å². The molecule has 1 N–H and O–H groups in total. The number of aliphatic hydroxyl groups excluding tert-OH is 1. The highest BCUT2D eigenvalue weighted by atomic mass is 19.1. The molecule has 6 nitrogen and oxygen atoms in total. The van der Waals surface area contributed by atoms with Crippen molar-refractivity contribution in [1.29, 1.82) is 0 Å². The van der Waals surface area contributed by atoms with Crippen molar-refractivity contribution in [3.05, 3.63) is 48.3 Å². The van der Waals surface area contributed by atoms with E-state index in [4.69, 9.17) is 0 Å². The molecule has 2 aromatic rings. The monoisotopic (exact) mass is 332 g/mol.